The van der Waals surface area contributed by atoms with Gasteiger partial charge in [0.2, 0.25) is 0 Å². The number of anilines is 1. The van der Waals surface area contributed by atoms with E-state index in [4.69, 9.17) is 23.2 Å². The summed E-state index contributed by atoms with van der Waals surface area (Å²) in [6, 6.07) is 12.5. The quantitative estimate of drug-likeness (QED) is 0.663. The van der Waals surface area contributed by atoms with Crippen molar-refractivity contribution < 1.29 is 9.59 Å². The highest BCUT2D eigenvalue weighted by atomic mass is 35.5. The number of piperazine rings is 1. The molecule has 1 fully saturated rings. The molecule has 2 aromatic rings. The van der Waals surface area contributed by atoms with Gasteiger partial charge in [-0.15, -0.1) is 0 Å². The molecule has 30 heavy (non-hydrogen) atoms. The summed E-state index contributed by atoms with van der Waals surface area (Å²) in [5.74, 6) is -0.686. The number of aryl methyl sites for hydroxylation is 1. The van der Waals surface area contributed by atoms with Crippen LogP contribution in [-0.2, 0) is 9.59 Å². The zero-order valence-corrected chi connectivity index (χ0v) is 18.5. The molecule has 2 heterocycles. The standard InChI is InChI=1S/C23H23Cl2N3O2/c1-3-26-8-10-27(11-9-26)21-20(16-6-4-15(2)5-7-16)22(29)28(23(21)30)19-13-17(24)12-18(25)14-19/h4-7,12-14H,3,8-11H2,1-2H3. The molecule has 2 aromatic carbocycles. The normalized spacial score (nSPS) is 18.0. The van der Waals surface area contributed by atoms with Gasteiger partial charge < -0.3 is 9.80 Å². The number of carbonyl (C=O) groups excluding carboxylic acids is 2. The third kappa shape index (κ3) is 3.85. The summed E-state index contributed by atoms with van der Waals surface area (Å²) in [5.41, 5.74) is 3.10. The molecule has 0 radical (unpaired) electrons. The first-order valence-electron chi connectivity index (χ1n) is 10.0. The fourth-order valence-electron chi connectivity index (χ4n) is 3.98. The average Bonchev–Trinajstić information content (AvgIpc) is 2.98. The number of hydrogen-bond acceptors (Lipinski definition) is 4. The number of hydrogen-bond donors (Lipinski definition) is 0. The molecule has 0 spiro atoms. The van der Waals surface area contributed by atoms with Crippen molar-refractivity contribution in [2.45, 2.75) is 13.8 Å². The van der Waals surface area contributed by atoms with Crippen LogP contribution in [0, 0.1) is 6.92 Å². The van der Waals surface area contributed by atoms with Gasteiger partial charge in [-0.2, -0.15) is 0 Å². The van der Waals surface area contributed by atoms with Gasteiger partial charge in [-0.05, 0) is 37.2 Å². The van der Waals surface area contributed by atoms with Crippen molar-refractivity contribution in [3.05, 3.63) is 69.3 Å². The summed E-state index contributed by atoms with van der Waals surface area (Å²) < 4.78 is 0. The average molecular weight is 444 g/mol. The van der Waals surface area contributed by atoms with Gasteiger partial charge in [-0.1, -0.05) is 60.0 Å². The number of likely N-dealkylation sites (N-methyl/N-ethyl adjacent to an activating group) is 1. The number of imide groups is 1. The number of carbonyl (C=O) groups is 2. The maximum absolute atomic E-state index is 13.5. The highest BCUT2D eigenvalue weighted by Crippen LogP contribution is 2.37. The van der Waals surface area contributed by atoms with E-state index in [2.05, 4.69) is 11.8 Å². The number of rotatable bonds is 4. The number of nitrogens with zero attached hydrogens (tertiary/aromatic N) is 3. The lowest BCUT2D eigenvalue weighted by molar-refractivity contribution is -0.120. The van der Waals surface area contributed by atoms with Crippen LogP contribution in [0.3, 0.4) is 0 Å². The van der Waals surface area contributed by atoms with Crippen LogP contribution in [0.2, 0.25) is 10.0 Å². The lowest BCUT2D eigenvalue weighted by atomic mass is 10.0. The van der Waals surface area contributed by atoms with Crippen molar-refractivity contribution in [2.75, 3.05) is 37.6 Å². The van der Waals surface area contributed by atoms with Gasteiger partial charge in [0.25, 0.3) is 11.8 Å². The van der Waals surface area contributed by atoms with Crippen LogP contribution < -0.4 is 4.90 Å². The van der Waals surface area contributed by atoms with E-state index in [-0.39, 0.29) is 11.8 Å². The first-order chi connectivity index (χ1) is 14.4. The lowest BCUT2D eigenvalue weighted by Gasteiger charge is -2.36. The minimum absolute atomic E-state index is 0.334. The Bertz CT molecular complexity index is 1000. The molecular formula is C23H23Cl2N3O2. The molecular weight excluding hydrogens is 421 g/mol. The minimum atomic E-state index is -0.352. The van der Waals surface area contributed by atoms with Gasteiger partial charge in [0.15, 0.2) is 0 Å². The smallest absolute Gasteiger partial charge is 0.282 e. The highest BCUT2D eigenvalue weighted by Gasteiger charge is 2.43. The van der Waals surface area contributed by atoms with E-state index in [1.807, 2.05) is 36.1 Å². The van der Waals surface area contributed by atoms with E-state index in [0.717, 1.165) is 30.8 Å². The fraction of sp³-hybridized carbons (Fsp3) is 0.304. The zero-order chi connectivity index (χ0) is 21.4. The summed E-state index contributed by atoms with van der Waals surface area (Å²) in [4.78, 5) is 32.6. The predicted octanol–water partition coefficient (Wildman–Crippen LogP) is 4.22. The monoisotopic (exact) mass is 443 g/mol. The second kappa shape index (κ2) is 8.42. The fourth-order valence-corrected chi connectivity index (χ4v) is 4.50. The van der Waals surface area contributed by atoms with E-state index >= 15 is 0 Å². The van der Waals surface area contributed by atoms with Crippen molar-refractivity contribution in [1.29, 1.82) is 0 Å². The molecule has 0 aromatic heterocycles. The molecule has 5 nitrogen and oxygen atoms in total. The second-order valence-electron chi connectivity index (χ2n) is 7.58. The Hall–Kier alpha value is -2.34. The van der Waals surface area contributed by atoms with E-state index in [9.17, 15) is 9.59 Å². The Kier molecular flexibility index (Phi) is 5.87. The van der Waals surface area contributed by atoms with Gasteiger partial charge in [-0.3, -0.25) is 9.59 Å². The third-order valence-corrected chi connectivity index (χ3v) is 6.08. The molecule has 0 N–H and O–H groups in total. The molecule has 156 valence electrons. The first-order valence-corrected chi connectivity index (χ1v) is 10.8. The van der Waals surface area contributed by atoms with Crippen molar-refractivity contribution in [1.82, 2.24) is 9.80 Å². The summed E-state index contributed by atoms with van der Waals surface area (Å²) in [5, 5.41) is 0.750. The van der Waals surface area contributed by atoms with Crippen LogP contribution in [0.25, 0.3) is 5.57 Å². The SMILES string of the molecule is CCN1CCN(C2=C(c3ccc(C)cc3)C(=O)N(c3cc(Cl)cc(Cl)c3)C2=O)CC1. The Morgan fingerprint density at radius 1 is 0.867 bits per heavy atom. The number of benzene rings is 2. The van der Waals surface area contributed by atoms with Crippen LogP contribution in [0.1, 0.15) is 18.1 Å². The third-order valence-electron chi connectivity index (χ3n) is 5.64. The van der Waals surface area contributed by atoms with Crippen LogP contribution in [0.4, 0.5) is 5.69 Å². The number of halogens is 2. The second-order valence-corrected chi connectivity index (χ2v) is 8.46. The van der Waals surface area contributed by atoms with Crippen LogP contribution in [0.15, 0.2) is 48.2 Å². The van der Waals surface area contributed by atoms with Gasteiger partial charge in [0.05, 0.1) is 11.3 Å². The topological polar surface area (TPSA) is 43.9 Å². The highest BCUT2D eigenvalue weighted by molar-refractivity contribution is 6.46. The van der Waals surface area contributed by atoms with Crippen molar-refractivity contribution >= 4 is 46.3 Å². The molecule has 7 heteroatoms. The van der Waals surface area contributed by atoms with E-state index in [0.29, 0.717) is 40.1 Å². The minimum Gasteiger partial charge on any atom is -0.364 e. The summed E-state index contributed by atoms with van der Waals surface area (Å²) in [6.07, 6.45) is 0. The van der Waals surface area contributed by atoms with Crippen molar-refractivity contribution in [2.24, 2.45) is 0 Å². The zero-order valence-electron chi connectivity index (χ0n) is 17.0. The van der Waals surface area contributed by atoms with E-state index in [1.54, 1.807) is 18.2 Å². The van der Waals surface area contributed by atoms with Crippen molar-refractivity contribution in [3.63, 3.8) is 0 Å². The first kappa shape index (κ1) is 20.9. The van der Waals surface area contributed by atoms with E-state index in [1.165, 1.54) is 4.90 Å². The maximum Gasteiger partial charge on any atom is 0.282 e. The molecule has 2 aliphatic rings. The lowest BCUT2D eigenvalue weighted by Crippen LogP contribution is -2.47. The Labute approximate surface area is 186 Å². The summed E-state index contributed by atoms with van der Waals surface area (Å²) >= 11 is 12.3. The molecule has 0 aliphatic carbocycles. The molecule has 0 bridgehead atoms. The molecule has 2 aliphatic heterocycles. The Balaban J connectivity index is 1.79. The maximum atomic E-state index is 13.5. The van der Waals surface area contributed by atoms with E-state index < -0.39 is 0 Å². The molecule has 0 atom stereocenters. The van der Waals surface area contributed by atoms with Gasteiger partial charge in [0.1, 0.15) is 5.70 Å². The number of amides is 2. The van der Waals surface area contributed by atoms with Crippen molar-refractivity contribution in [3.8, 4) is 0 Å². The largest absolute Gasteiger partial charge is 0.364 e. The molecule has 4 rings (SSSR count). The predicted molar refractivity (Wildman–Crippen MR) is 121 cm³/mol. The van der Waals surface area contributed by atoms with Crippen LogP contribution >= 0.6 is 23.2 Å². The van der Waals surface area contributed by atoms with Crippen LogP contribution in [0.5, 0.6) is 0 Å². The van der Waals surface area contributed by atoms with Gasteiger partial charge in [0, 0.05) is 36.2 Å². The molecule has 2 amide bonds. The molecule has 1 saturated heterocycles. The van der Waals surface area contributed by atoms with Gasteiger partial charge >= 0.3 is 0 Å². The Morgan fingerprint density at radius 3 is 2.03 bits per heavy atom. The van der Waals surface area contributed by atoms with Gasteiger partial charge in [-0.25, -0.2) is 4.90 Å². The molecule has 0 unspecified atom stereocenters. The molecule has 0 saturated carbocycles. The summed E-state index contributed by atoms with van der Waals surface area (Å²) in [6.45, 7) is 8.19. The van der Waals surface area contributed by atoms with Crippen LogP contribution in [-0.4, -0.2) is 54.3 Å². The summed E-state index contributed by atoms with van der Waals surface area (Å²) in [7, 11) is 0. The Morgan fingerprint density at radius 2 is 1.47 bits per heavy atom.